The first-order chi connectivity index (χ1) is 41.7. The Labute approximate surface area is 484 Å². The van der Waals surface area contributed by atoms with Crippen LogP contribution in [-0.2, 0) is 0 Å². The first-order valence-electron chi connectivity index (χ1n) is 28.7. The lowest BCUT2D eigenvalue weighted by Gasteiger charge is -2.22. The Hall–Kier alpha value is -11.2. The van der Waals surface area contributed by atoms with Crippen LogP contribution in [0.2, 0.25) is 0 Å². The number of aromatic nitrogens is 4. The van der Waals surface area contributed by atoms with Gasteiger partial charge in [0.15, 0.2) is 0 Å². The van der Waals surface area contributed by atoms with Crippen LogP contribution in [0.1, 0.15) is 0 Å². The Balaban J connectivity index is 1.09. The Kier molecular flexibility index (Phi) is 10.9. The molecule has 0 radical (unpaired) electrons. The molecule has 0 atom stereocenters. The van der Waals surface area contributed by atoms with Gasteiger partial charge in [0.2, 0.25) is 0 Å². The molecule has 388 valence electrons. The highest BCUT2D eigenvalue weighted by molar-refractivity contribution is 6.36. The lowest BCUT2D eigenvalue weighted by Crippen LogP contribution is -1.96. The minimum absolute atomic E-state index is 0.927. The second-order valence-corrected chi connectivity index (χ2v) is 22.0. The van der Waals surface area contributed by atoms with Crippen LogP contribution in [0.5, 0.6) is 0 Å². The second-order valence-electron chi connectivity index (χ2n) is 22.0. The summed E-state index contributed by atoms with van der Waals surface area (Å²) < 4.78 is 0. The van der Waals surface area contributed by atoms with Crippen molar-refractivity contribution in [1.82, 2.24) is 19.9 Å². The Morgan fingerprint density at radius 2 is 0.417 bits per heavy atom. The number of fused-ring (bicyclic) bond motifs is 6. The minimum atomic E-state index is 0.927. The van der Waals surface area contributed by atoms with Crippen LogP contribution in [0.15, 0.2) is 292 Å². The highest BCUT2D eigenvalue weighted by Gasteiger charge is 2.25. The molecule has 0 unspecified atom stereocenters. The molecular formula is C80H48N4. The Morgan fingerprint density at radius 3 is 0.655 bits per heavy atom. The van der Waals surface area contributed by atoms with Crippen LogP contribution in [0, 0.1) is 0 Å². The van der Waals surface area contributed by atoms with Gasteiger partial charge >= 0.3 is 0 Å². The molecule has 0 saturated carbocycles. The number of hydrogen-bond acceptors (Lipinski definition) is 4. The smallest absolute Gasteiger partial charge is 0.0708 e. The fourth-order valence-electron chi connectivity index (χ4n) is 13.7. The topological polar surface area (TPSA) is 51.6 Å². The molecule has 0 aliphatic carbocycles. The van der Waals surface area contributed by atoms with Crippen molar-refractivity contribution in [3.05, 3.63) is 292 Å². The summed E-state index contributed by atoms with van der Waals surface area (Å²) >= 11 is 0. The third kappa shape index (κ3) is 7.62. The molecule has 0 saturated heterocycles. The van der Waals surface area contributed by atoms with Crippen LogP contribution in [0.25, 0.3) is 176 Å². The molecule has 0 N–H and O–H groups in total. The van der Waals surface area contributed by atoms with E-state index in [4.69, 9.17) is 19.9 Å². The fourth-order valence-corrected chi connectivity index (χ4v) is 13.7. The van der Waals surface area contributed by atoms with Crippen molar-refractivity contribution in [2.24, 2.45) is 0 Å². The van der Waals surface area contributed by atoms with Crippen molar-refractivity contribution >= 4 is 86.2 Å². The largest absolute Gasteiger partial charge is 0.256 e. The van der Waals surface area contributed by atoms with Gasteiger partial charge in [-0.2, -0.15) is 0 Å². The summed E-state index contributed by atoms with van der Waals surface area (Å²) in [5.41, 5.74) is 17.1. The zero-order valence-corrected chi connectivity index (χ0v) is 45.5. The van der Waals surface area contributed by atoms with Gasteiger partial charge in [-0.15, -0.1) is 0 Å². The van der Waals surface area contributed by atoms with E-state index in [0.717, 1.165) is 100 Å². The lowest BCUT2D eigenvalue weighted by atomic mass is 9.81. The average molecular weight is 1070 g/mol. The van der Waals surface area contributed by atoms with E-state index in [1.54, 1.807) is 0 Å². The first kappa shape index (κ1) is 47.6. The van der Waals surface area contributed by atoms with Crippen molar-refractivity contribution in [2.45, 2.75) is 0 Å². The normalized spacial score (nSPS) is 11.8. The predicted octanol–water partition coefficient (Wildman–Crippen LogP) is 21.3. The molecule has 17 aromatic rings. The summed E-state index contributed by atoms with van der Waals surface area (Å²) in [6.07, 6.45) is 7.60. The molecule has 84 heavy (non-hydrogen) atoms. The van der Waals surface area contributed by atoms with Gasteiger partial charge in [0.25, 0.3) is 0 Å². The average Bonchev–Trinajstić information content (AvgIpc) is 1.61. The Morgan fingerprint density at radius 1 is 0.179 bits per heavy atom. The van der Waals surface area contributed by atoms with Crippen molar-refractivity contribution in [3.63, 3.8) is 0 Å². The minimum Gasteiger partial charge on any atom is -0.256 e. The molecule has 0 amide bonds. The Bertz CT molecular complexity index is 4790. The molecule has 4 nitrogen and oxygen atoms in total. The van der Waals surface area contributed by atoms with Crippen LogP contribution < -0.4 is 0 Å². The predicted molar refractivity (Wildman–Crippen MR) is 352 cm³/mol. The number of hydrogen-bond donors (Lipinski definition) is 0. The van der Waals surface area contributed by atoms with E-state index in [2.05, 4.69) is 243 Å². The van der Waals surface area contributed by atoms with Crippen LogP contribution in [0.3, 0.4) is 0 Å². The monoisotopic (exact) mass is 1060 g/mol. The number of rotatable bonds is 8. The van der Waals surface area contributed by atoms with Crippen molar-refractivity contribution < 1.29 is 0 Å². The molecule has 4 aromatic heterocycles. The van der Waals surface area contributed by atoms with Crippen molar-refractivity contribution in [3.8, 4) is 89.5 Å². The highest BCUT2D eigenvalue weighted by atomic mass is 14.7. The summed E-state index contributed by atoms with van der Waals surface area (Å²) in [7, 11) is 0. The molecule has 0 fully saturated rings. The molecule has 0 bridgehead atoms. The van der Waals surface area contributed by atoms with Crippen molar-refractivity contribution in [1.29, 1.82) is 0 Å². The van der Waals surface area contributed by atoms with E-state index in [-0.39, 0.29) is 0 Å². The first-order valence-corrected chi connectivity index (χ1v) is 28.7. The van der Waals surface area contributed by atoms with Gasteiger partial charge in [-0.25, -0.2) is 0 Å². The third-order valence-electron chi connectivity index (χ3n) is 17.3. The lowest BCUT2D eigenvalue weighted by molar-refractivity contribution is 1.33. The summed E-state index contributed by atoms with van der Waals surface area (Å²) in [4.78, 5) is 20.1. The maximum atomic E-state index is 5.02. The van der Waals surface area contributed by atoms with E-state index in [9.17, 15) is 0 Å². The molecule has 0 aliphatic heterocycles. The van der Waals surface area contributed by atoms with Gasteiger partial charge in [0.05, 0.1) is 22.8 Å². The van der Waals surface area contributed by atoms with E-state index >= 15 is 0 Å². The second kappa shape index (κ2) is 19.2. The summed E-state index contributed by atoms with van der Waals surface area (Å²) in [6, 6.07) is 97.8. The van der Waals surface area contributed by atoms with E-state index in [0.29, 0.717) is 0 Å². The molecule has 17 rings (SSSR count). The van der Waals surface area contributed by atoms with Gasteiger partial charge in [-0.05, 0) is 228 Å². The van der Waals surface area contributed by atoms with E-state index in [1.165, 1.54) is 75.4 Å². The van der Waals surface area contributed by atoms with E-state index < -0.39 is 0 Å². The van der Waals surface area contributed by atoms with E-state index in [1.807, 2.05) is 49.1 Å². The summed E-state index contributed by atoms with van der Waals surface area (Å²) in [5.74, 6) is 0. The van der Waals surface area contributed by atoms with Gasteiger partial charge in [-0.1, -0.05) is 170 Å². The third-order valence-corrected chi connectivity index (χ3v) is 17.3. The SMILES string of the molecule is c1ccc(-c2ccc3ccccc3c2-c2cc3cc(-c4c(-c5ccccn5)ccc5ccccc45)cc4c5cc(-c6c(-c7ccccn7)ccc7ccccc67)cc6cc(-c7c(-c8ccccn8)ccc8ccccc78)cc(c(c2)c34)c65)nc1. The van der Waals surface area contributed by atoms with Gasteiger partial charge < -0.3 is 0 Å². The molecule has 0 spiro atoms. The highest BCUT2D eigenvalue weighted by Crippen LogP contribution is 2.52. The van der Waals surface area contributed by atoms with Crippen molar-refractivity contribution in [2.75, 3.05) is 0 Å². The summed E-state index contributed by atoms with van der Waals surface area (Å²) in [5, 5.41) is 18.8. The van der Waals surface area contributed by atoms with Crippen LogP contribution in [0.4, 0.5) is 0 Å². The zero-order valence-electron chi connectivity index (χ0n) is 45.5. The molecule has 0 aliphatic rings. The zero-order chi connectivity index (χ0) is 55.2. The maximum absolute atomic E-state index is 5.02. The molecular weight excluding hydrogens is 1020 g/mol. The number of benzene rings is 13. The standard InChI is InChI=1S/C80H48N4/c1-5-21-59-49(17-1)29-33-63(71-25-9-13-37-81-71)75(59)55-41-53-42-56(76-60-22-6-2-18-50(60)30-34-64(76)72-26-10-14-38-82-72)47-69-70-48-58(78-62-24-8-4-20-52(62)32-36-66(78)74-28-12-16-40-84-74)44-54-43-57(46-68(80(54)70)67(45-55)79(53)69)77-61-23-7-3-19-51(61)31-35-65(77)73-27-11-15-39-83-73/h1-48H. The molecule has 13 aromatic carbocycles. The molecule has 4 heteroatoms. The van der Waals surface area contributed by atoms with Gasteiger partial charge in [-0.3, -0.25) is 19.9 Å². The summed E-state index contributed by atoms with van der Waals surface area (Å²) in [6.45, 7) is 0. The number of pyridine rings is 4. The van der Waals surface area contributed by atoms with Crippen LogP contribution >= 0.6 is 0 Å². The maximum Gasteiger partial charge on any atom is 0.0708 e. The molecule has 4 heterocycles. The number of nitrogens with zero attached hydrogens (tertiary/aromatic N) is 4. The quantitative estimate of drug-likeness (QED) is 0.112. The fraction of sp³-hybridized carbons (Fsp3) is 0. The van der Waals surface area contributed by atoms with Gasteiger partial charge in [0.1, 0.15) is 0 Å². The van der Waals surface area contributed by atoms with Gasteiger partial charge in [0, 0.05) is 47.0 Å². The van der Waals surface area contributed by atoms with Crippen LogP contribution in [-0.4, -0.2) is 19.9 Å².